The Morgan fingerprint density at radius 1 is 1.21 bits per heavy atom. The van der Waals surface area contributed by atoms with Gasteiger partial charge in [-0.3, -0.25) is 4.68 Å². The van der Waals surface area contributed by atoms with Crippen LogP contribution in [0.15, 0.2) is 61.1 Å². The molecular weight excluding hydrogens is 495 g/mol. The number of carboxylic acid groups (broad SMARTS) is 1. The van der Waals surface area contributed by atoms with Gasteiger partial charge in [0.25, 0.3) is 5.88 Å². The summed E-state index contributed by atoms with van der Waals surface area (Å²) in [5.41, 5.74) is 2.73. The van der Waals surface area contributed by atoms with E-state index in [-0.39, 0.29) is 25.3 Å². The summed E-state index contributed by atoms with van der Waals surface area (Å²) in [6.07, 6.45) is 6.46. The number of aliphatic hydroxyl groups is 1. The van der Waals surface area contributed by atoms with E-state index in [0.717, 1.165) is 30.5 Å². The Morgan fingerprint density at radius 3 is 2.76 bits per heavy atom. The minimum Gasteiger partial charge on any atom is -0.465 e. The second kappa shape index (κ2) is 11.4. The lowest BCUT2D eigenvalue weighted by Gasteiger charge is -2.24. The van der Waals surface area contributed by atoms with Crippen LogP contribution in [0.4, 0.5) is 9.18 Å². The van der Waals surface area contributed by atoms with E-state index in [1.165, 1.54) is 6.07 Å². The predicted octanol–water partition coefficient (Wildman–Crippen LogP) is 4.07. The number of pyridine rings is 1. The van der Waals surface area contributed by atoms with Gasteiger partial charge in [-0.2, -0.15) is 10.2 Å². The van der Waals surface area contributed by atoms with Crippen LogP contribution < -0.4 is 10.1 Å². The number of hydrogen-bond acceptors (Lipinski definition) is 7. The average molecular weight is 523 g/mol. The molecular formula is C26H27FN6O5. The minimum absolute atomic E-state index is 0.147. The fourth-order valence-corrected chi connectivity index (χ4v) is 4.30. The van der Waals surface area contributed by atoms with E-state index in [2.05, 4.69) is 20.5 Å². The molecule has 11 nitrogen and oxygen atoms in total. The lowest BCUT2D eigenvalue weighted by Crippen LogP contribution is -2.39. The maximum Gasteiger partial charge on any atom is 0.405 e. The van der Waals surface area contributed by atoms with Crippen molar-refractivity contribution in [1.82, 2.24) is 29.9 Å². The maximum atomic E-state index is 14.9. The SMILES string of the molecule is O=C(O)NC(CO)Cn1ccc(-c2ccc(Oc3ncc(-c4ccnn4C4CCCCO4)cc3F)cc2)n1. The van der Waals surface area contributed by atoms with Crippen LogP contribution in [0.1, 0.15) is 25.5 Å². The van der Waals surface area contributed by atoms with Crippen molar-refractivity contribution in [3.63, 3.8) is 0 Å². The standard InChI is InChI=1S/C26H27FN6O5/c27-21-13-18(23-8-10-29-33(23)24-3-1-2-12-37-24)14-28-25(21)38-20-6-4-17(5-7-20)22-9-11-32(31-22)15-19(16-34)30-26(35)36/h4-11,13-14,19,24,30,34H,1-3,12,15-16H2,(H,35,36). The first-order valence-corrected chi connectivity index (χ1v) is 12.2. The first-order valence-electron chi connectivity index (χ1n) is 12.2. The number of carbonyl (C=O) groups is 1. The molecule has 0 aliphatic carbocycles. The smallest absolute Gasteiger partial charge is 0.405 e. The quantitative estimate of drug-likeness (QED) is 0.299. The van der Waals surface area contributed by atoms with Gasteiger partial charge in [-0.05, 0) is 61.7 Å². The number of nitrogens with zero attached hydrogens (tertiary/aromatic N) is 5. The van der Waals surface area contributed by atoms with Crippen LogP contribution >= 0.6 is 0 Å². The van der Waals surface area contributed by atoms with Crippen molar-refractivity contribution in [3.8, 4) is 34.1 Å². The van der Waals surface area contributed by atoms with Gasteiger partial charge < -0.3 is 25.0 Å². The normalized spacial score (nSPS) is 16.2. The van der Waals surface area contributed by atoms with Crippen LogP contribution in [-0.4, -0.2) is 60.1 Å². The molecule has 1 saturated heterocycles. The fraction of sp³-hybridized carbons (Fsp3) is 0.308. The summed E-state index contributed by atoms with van der Waals surface area (Å²) in [7, 11) is 0. The molecule has 3 N–H and O–H groups in total. The van der Waals surface area contributed by atoms with E-state index in [4.69, 9.17) is 14.6 Å². The molecule has 198 valence electrons. The van der Waals surface area contributed by atoms with Gasteiger partial charge in [0.1, 0.15) is 5.75 Å². The Bertz CT molecular complexity index is 1380. The second-order valence-corrected chi connectivity index (χ2v) is 8.87. The van der Waals surface area contributed by atoms with E-state index in [9.17, 15) is 14.3 Å². The molecule has 5 rings (SSSR count). The van der Waals surface area contributed by atoms with Gasteiger partial charge in [0.05, 0.1) is 30.6 Å². The first kappa shape index (κ1) is 25.4. The molecule has 2 atom stereocenters. The van der Waals surface area contributed by atoms with Gasteiger partial charge in [-0.25, -0.2) is 18.9 Å². The first-order chi connectivity index (χ1) is 18.5. The zero-order valence-electron chi connectivity index (χ0n) is 20.4. The number of hydrogen-bond donors (Lipinski definition) is 3. The molecule has 2 unspecified atom stereocenters. The Kier molecular flexibility index (Phi) is 7.61. The highest BCUT2D eigenvalue weighted by Crippen LogP contribution is 2.31. The average Bonchev–Trinajstić information content (AvgIpc) is 3.60. The minimum atomic E-state index is -1.21. The number of aliphatic hydroxyl groups excluding tert-OH is 1. The summed E-state index contributed by atoms with van der Waals surface area (Å²) in [6.45, 7) is 0.509. The van der Waals surface area contributed by atoms with Crippen molar-refractivity contribution in [1.29, 1.82) is 0 Å². The van der Waals surface area contributed by atoms with Gasteiger partial charge in [-0.1, -0.05) is 0 Å². The molecule has 1 aliphatic heterocycles. The third kappa shape index (κ3) is 5.82. The highest BCUT2D eigenvalue weighted by atomic mass is 19.1. The Hall–Kier alpha value is -4.29. The van der Waals surface area contributed by atoms with E-state index in [0.29, 0.717) is 23.6 Å². The van der Waals surface area contributed by atoms with Crippen molar-refractivity contribution >= 4 is 6.09 Å². The summed E-state index contributed by atoms with van der Waals surface area (Å²) in [5, 5.41) is 29.2. The van der Waals surface area contributed by atoms with E-state index in [1.54, 1.807) is 58.3 Å². The lowest BCUT2D eigenvalue weighted by atomic mass is 10.1. The van der Waals surface area contributed by atoms with Crippen LogP contribution in [0, 0.1) is 5.82 Å². The number of benzene rings is 1. The third-order valence-electron chi connectivity index (χ3n) is 6.16. The van der Waals surface area contributed by atoms with Crippen LogP contribution in [0.2, 0.25) is 0 Å². The number of nitrogens with one attached hydrogen (secondary N) is 1. The number of halogens is 1. The molecule has 12 heteroatoms. The zero-order chi connectivity index (χ0) is 26.5. The molecule has 1 fully saturated rings. The number of ether oxygens (including phenoxy) is 2. The molecule has 0 saturated carbocycles. The molecule has 1 aliphatic rings. The molecule has 4 heterocycles. The molecule has 4 aromatic rings. The highest BCUT2D eigenvalue weighted by Gasteiger charge is 2.21. The summed E-state index contributed by atoms with van der Waals surface area (Å²) in [6, 6.07) is 11.2. The maximum absolute atomic E-state index is 14.9. The van der Waals surface area contributed by atoms with Gasteiger partial charge in [0.15, 0.2) is 12.0 Å². The van der Waals surface area contributed by atoms with Crippen molar-refractivity contribution < 1.29 is 28.9 Å². The lowest BCUT2D eigenvalue weighted by molar-refractivity contribution is -0.0383. The third-order valence-corrected chi connectivity index (χ3v) is 6.16. The van der Waals surface area contributed by atoms with Crippen LogP contribution in [-0.2, 0) is 11.3 Å². The zero-order valence-corrected chi connectivity index (χ0v) is 20.4. The number of rotatable bonds is 9. The second-order valence-electron chi connectivity index (χ2n) is 8.87. The van der Waals surface area contributed by atoms with Crippen LogP contribution in [0.5, 0.6) is 11.6 Å². The molecule has 0 bridgehead atoms. The Labute approximate surface area is 217 Å². The predicted molar refractivity (Wildman–Crippen MR) is 134 cm³/mol. The molecule has 1 amide bonds. The summed E-state index contributed by atoms with van der Waals surface area (Å²) < 4.78 is 29.7. The van der Waals surface area contributed by atoms with Gasteiger partial charge in [0.2, 0.25) is 0 Å². The van der Waals surface area contributed by atoms with Crippen LogP contribution in [0.3, 0.4) is 0 Å². The van der Waals surface area contributed by atoms with Crippen molar-refractivity contribution in [2.24, 2.45) is 0 Å². The van der Waals surface area contributed by atoms with Gasteiger partial charge >= 0.3 is 6.09 Å². The molecule has 1 aromatic carbocycles. The fourth-order valence-electron chi connectivity index (χ4n) is 4.30. The van der Waals surface area contributed by atoms with Gasteiger partial charge in [0, 0.05) is 36.3 Å². The van der Waals surface area contributed by atoms with Crippen LogP contribution in [0.25, 0.3) is 22.5 Å². The van der Waals surface area contributed by atoms with Crippen molar-refractivity contribution in [2.45, 2.75) is 38.1 Å². The highest BCUT2D eigenvalue weighted by molar-refractivity contribution is 5.65. The molecule has 0 radical (unpaired) electrons. The largest absolute Gasteiger partial charge is 0.465 e. The number of aromatic nitrogens is 5. The molecule has 0 spiro atoms. The Balaban J connectivity index is 1.25. The van der Waals surface area contributed by atoms with Crippen molar-refractivity contribution in [2.75, 3.05) is 13.2 Å². The summed E-state index contributed by atoms with van der Waals surface area (Å²) in [5.74, 6) is -0.346. The summed E-state index contributed by atoms with van der Waals surface area (Å²) in [4.78, 5) is 15.0. The summed E-state index contributed by atoms with van der Waals surface area (Å²) >= 11 is 0. The van der Waals surface area contributed by atoms with E-state index >= 15 is 0 Å². The monoisotopic (exact) mass is 522 g/mol. The van der Waals surface area contributed by atoms with Crippen molar-refractivity contribution in [3.05, 3.63) is 66.9 Å². The topological polar surface area (TPSA) is 137 Å². The van der Waals surface area contributed by atoms with E-state index < -0.39 is 18.0 Å². The number of amides is 1. The van der Waals surface area contributed by atoms with Gasteiger partial charge in [-0.15, -0.1) is 0 Å². The molecule has 3 aromatic heterocycles. The van der Waals surface area contributed by atoms with E-state index in [1.807, 2.05) is 6.07 Å². The molecule has 38 heavy (non-hydrogen) atoms. The Morgan fingerprint density at radius 2 is 2.05 bits per heavy atom.